The molecule has 0 radical (unpaired) electrons. The first-order valence-electron chi connectivity index (χ1n) is 12.7. The molecule has 1 aliphatic carbocycles. The van der Waals surface area contributed by atoms with Crippen molar-refractivity contribution in [1.82, 2.24) is 5.32 Å². The van der Waals surface area contributed by atoms with E-state index in [0.717, 1.165) is 47.4 Å². The van der Waals surface area contributed by atoms with Crippen molar-refractivity contribution >= 4 is 28.5 Å². The van der Waals surface area contributed by atoms with Gasteiger partial charge in [-0.05, 0) is 66.6 Å². The summed E-state index contributed by atoms with van der Waals surface area (Å²) in [5.74, 6) is 0.643. The maximum atomic E-state index is 14.0. The van der Waals surface area contributed by atoms with E-state index in [2.05, 4.69) is 5.32 Å². The molecule has 0 aliphatic heterocycles. The number of amides is 1. The van der Waals surface area contributed by atoms with Crippen LogP contribution < -0.4 is 14.8 Å². The first kappa shape index (κ1) is 25.7. The normalized spacial score (nSPS) is 12.8. The van der Waals surface area contributed by atoms with Gasteiger partial charge in [-0.2, -0.15) is 0 Å². The molecule has 1 aliphatic rings. The van der Waals surface area contributed by atoms with Gasteiger partial charge >= 0.3 is 0 Å². The third-order valence-corrected chi connectivity index (χ3v) is 7.74. The summed E-state index contributed by atoms with van der Waals surface area (Å²) < 4.78 is 25.3. The average Bonchev–Trinajstić information content (AvgIpc) is 3.33. The molecular formula is C31H29FN2O3S. The van der Waals surface area contributed by atoms with E-state index in [1.807, 2.05) is 42.5 Å². The van der Waals surface area contributed by atoms with Crippen LogP contribution in [0, 0.1) is 5.82 Å². The van der Waals surface area contributed by atoms with Gasteiger partial charge in [0.05, 0.1) is 12.7 Å². The molecule has 3 aromatic carbocycles. The summed E-state index contributed by atoms with van der Waals surface area (Å²) in [7, 11) is 1.56. The minimum Gasteiger partial charge on any atom is -0.493 e. The molecule has 0 saturated heterocycles. The van der Waals surface area contributed by atoms with Crippen LogP contribution in [0.25, 0.3) is 0 Å². The molecule has 1 heterocycles. The molecule has 38 heavy (non-hydrogen) atoms. The van der Waals surface area contributed by atoms with E-state index in [0.29, 0.717) is 29.2 Å². The fourth-order valence-electron chi connectivity index (χ4n) is 4.53. The Hall–Kier alpha value is -3.97. The van der Waals surface area contributed by atoms with Gasteiger partial charge in [-0.3, -0.25) is 4.79 Å². The van der Waals surface area contributed by atoms with E-state index >= 15 is 0 Å². The molecule has 0 spiro atoms. The van der Waals surface area contributed by atoms with Gasteiger partial charge in [-0.1, -0.05) is 48.5 Å². The van der Waals surface area contributed by atoms with Gasteiger partial charge in [0.2, 0.25) is 0 Å². The predicted octanol–water partition coefficient (Wildman–Crippen LogP) is 7.03. The Kier molecular flexibility index (Phi) is 8.14. The number of benzene rings is 3. The van der Waals surface area contributed by atoms with Crippen LogP contribution in [0.2, 0.25) is 0 Å². The van der Waals surface area contributed by atoms with Crippen LogP contribution in [0.5, 0.6) is 11.5 Å². The van der Waals surface area contributed by atoms with Gasteiger partial charge in [-0.15, -0.1) is 11.3 Å². The summed E-state index contributed by atoms with van der Waals surface area (Å²) in [4.78, 5) is 19.3. The minimum absolute atomic E-state index is 0.0881. The molecule has 0 saturated carbocycles. The SMILES string of the molecule is COc1cc(C=Nc2sc3c(c2C(=O)NCc2ccccc2)CCCC3)ccc1OCc1ccccc1F. The molecule has 5 rings (SSSR count). The number of halogens is 1. The van der Waals surface area contributed by atoms with Crippen LogP contribution in [0.4, 0.5) is 9.39 Å². The van der Waals surface area contributed by atoms with E-state index < -0.39 is 0 Å². The molecular weight excluding hydrogens is 499 g/mol. The zero-order chi connectivity index (χ0) is 26.3. The second-order valence-corrected chi connectivity index (χ2v) is 10.2. The Morgan fingerprint density at radius 3 is 2.63 bits per heavy atom. The molecule has 0 unspecified atom stereocenters. The van der Waals surface area contributed by atoms with Crippen molar-refractivity contribution < 1.29 is 18.7 Å². The summed E-state index contributed by atoms with van der Waals surface area (Å²) in [5.41, 5.74) is 4.16. The third kappa shape index (κ3) is 5.94. The quantitative estimate of drug-likeness (QED) is 0.237. The van der Waals surface area contributed by atoms with Crippen molar-refractivity contribution in [2.24, 2.45) is 4.99 Å². The Balaban J connectivity index is 1.35. The molecule has 0 bridgehead atoms. The van der Waals surface area contributed by atoms with Gasteiger partial charge in [0.1, 0.15) is 17.4 Å². The molecule has 1 N–H and O–H groups in total. The molecule has 0 atom stereocenters. The zero-order valence-electron chi connectivity index (χ0n) is 21.2. The fourth-order valence-corrected chi connectivity index (χ4v) is 5.76. The lowest BCUT2D eigenvalue weighted by Crippen LogP contribution is -2.24. The number of fused-ring (bicyclic) bond motifs is 1. The first-order valence-corrected chi connectivity index (χ1v) is 13.5. The van der Waals surface area contributed by atoms with Crippen molar-refractivity contribution in [3.63, 3.8) is 0 Å². The van der Waals surface area contributed by atoms with E-state index in [9.17, 15) is 9.18 Å². The third-order valence-electron chi connectivity index (χ3n) is 6.54. The van der Waals surface area contributed by atoms with E-state index in [1.165, 1.54) is 10.9 Å². The largest absolute Gasteiger partial charge is 0.493 e. The van der Waals surface area contributed by atoms with Gasteiger partial charge in [0.15, 0.2) is 11.5 Å². The van der Waals surface area contributed by atoms with Crippen molar-refractivity contribution in [2.45, 2.75) is 38.8 Å². The summed E-state index contributed by atoms with van der Waals surface area (Å²) in [6, 6.07) is 21.9. The van der Waals surface area contributed by atoms with Gasteiger partial charge in [0, 0.05) is 23.2 Å². The van der Waals surface area contributed by atoms with Gasteiger partial charge in [0.25, 0.3) is 5.91 Å². The van der Waals surface area contributed by atoms with Crippen LogP contribution in [0.3, 0.4) is 0 Å². The predicted molar refractivity (Wildman–Crippen MR) is 150 cm³/mol. The second kappa shape index (κ2) is 12.0. The van der Waals surface area contributed by atoms with Crippen molar-refractivity contribution in [1.29, 1.82) is 0 Å². The second-order valence-electron chi connectivity index (χ2n) is 9.11. The van der Waals surface area contributed by atoms with E-state index in [4.69, 9.17) is 14.5 Å². The number of nitrogens with zero attached hydrogens (tertiary/aromatic N) is 1. The number of hydrogen-bond acceptors (Lipinski definition) is 5. The molecule has 1 amide bonds. The van der Waals surface area contributed by atoms with Crippen molar-refractivity contribution in [3.8, 4) is 11.5 Å². The van der Waals surface area contributed by atoms with Crippen molar-refractivity contribution in [2.75, 3.05) is 7.11 Å². The molecule has 7 heteroatoms. The summed E-state index contributed by atoms with van der Waals surface area (Å²) >= 11 is 1.60. The summed E-state index contributed by atoms with van der Waals surface area (Å²) in [6.45, 7) is 0.567. The number of hydrogen-bond donors (Lipinski definition) is 1. The Morgan fingerprint density at radius 2 is 1.82 bits per heavy atom. The standard InChI is InChI=1S/C31H29FN2O3S/c1-36-27-17-22(15-16-26(27)37-20-23-11-5-7-13-25(23)32)19-34-31-29(24-12-6-8-14-28(24)38-31)30(35)33-18-21-9-3-2-4-10-21/h2-5,7,9-11,13,15-17,19H,6,8,12,14,18,20H2,1H3,(H,33,35). The lowest BCUT2D eigenvalue weighted by atomic mass is 9.95. The number of rotatable bonds is 9. The molecule has 5 nitrogen and oxygen atoms in total. The van der Waals surface area contributed by atoms with E-state index in [1.54, 1.807) is 48.9 Å². The Bertz CT molecular complexity index is 1450. The maximum Gasteiger partial charge on any atom is 0.254 e. The Morgan fingerprint density at radius 1 is 1.03 bits per heavy atom. The number of aryl methyl sites for hydroxylation is 1. The highest BCUT2D eigenvalue weighted by Crippen LogP contribution is 2.40. The molecule has 0 fully saturated rings. The number of thiophene rings is 1. The van der Waals surface area contributed by atoms with Crippen LogP contribution >= 0.6 is 11.3 Å². The van der Waals surface area contributed by atoms with Crippen LogP contribution in [0.1, 0.15) is 50.3 Å². The van der Waals surface area contributed by atoms with Crippen LogP contribution in [-0.2, 0) is 26.0 Å². The highest BCUT2D eigenvalue weighted by atomic mass is 32.1. The minimum atomic E-state index is -0.308. The molecule has 1 aromatic heterocycles. The smallest absolute Gasteiger partial charge is 0.254 e. The summed E-state index contributed by atoms with van der Waals surface area (Å²) in [5, 5.41) is 3.80. The van der Waals surface area contributed by atoms with Crippen LogP contribution in [-0.4, -0.2) is 19.2 Å². The number of carbonyl (C=O) groups excluding carboxylic acids is 1. The zero-order valence-corrected chi connectivity index (χ0v) is 22.0. The van der Waals surface area contributed by atoms with Crippen LogP contribution in [0.15, 0.2) is 77.8 Å². The topological polar surface area (TPSA) is 59.9 Å². The highest BCUT2D eigenvalue weighted by Gasteiger charge is 2.25. The lowest BCUT2D eigenvalue weighted by molar-refractivity contribution is 0.0951. The number of nitrogens with one attached hydrogen (secondary N) is 1. The molecule has 194 valence electrons. The maximum absolute atomic E-state index is 14.0. The number of aliphatic imine (C=N–C) groups is 1. The van der Waals surface area contributed by atoms with Crippen molar-refractivity contribution in [3.05, 3.63) is 111 Å². The first-order chi connectivity index (χ1) is 18.6. The fraction of sp³-hybridized carbons (Fsp3) is 0.226. The lowest BCUT2D eigenvalue weighted by Gasteiger charge is -2.13. The molecule has 4 aromatic rings. The Labute approximate surface area is 226 Å². The highest BCUT2D eigenvalue weighted by molar-refractivity contribution is 7.16. The average molecular weight is 529 g/mol. The van der Waals surface area contributed by atoms with E-state index in [-0.39, 0.29) is 18.3 Å². The van der Waals surface area contributed by atoms with Gasteiger partial charge in [-0.25, -0.2) is 9.38 Å². The summed E-state index contributed by atoms with van der Waals surface area (Å²) in [6.07, 6.45) is 5.84. The number of carbonyl (C=O) groups is 1. The monoisotopic (exact) mass is 528 g/mol. The number of ether oxygens (including phenoxy) is 2. The van der Waals surface area contributed by atoms with Gasteiger partial charge < -0.3 is 14.8 Å². The number of methoxy groups -OCH3 is 1.